The smallest absolute Gasteiger partial charge is 0.274 e. The van der Waals surface area contributed by atoms with E-state index in [1.54, 1.807) is 13.2 Å². The Morgan fingerprint density at radius 2 is 2.11 bits per heavy atom. The molecule has 1 aromatic heterocycles. The Bertz CT molecular complexity index is 613. The quantitative estimate of drug-likeness (QED) is 0.852. The fourth-order valence-corrected chi connectivity index (χ4v) is 2.16. The number of methoxy groups -OCH3 is 1. The van der Waals surface area contributed by atoms with E-state index in [1.165, 1.54) is 4.68 Å². The molecule has 5 nitrogen and oxygen atoms in total. The van der Waals surface area contributed by atoms with E-state index >= 15 is 0 Å². The summed E-state index contributed by atoms with van der Waals surface area (Å²) in [5.41, 5.74) is 2.03. The Hall–Kier alpha value is -2.01. The molecule has 1 heterocycles. The number of hydrogen-bond donors (Lipinski definition) is 2. The maximum atomic E-state index is 12.4. The van der Waals surface area contributed by atoms with Crippen LogP contribution >= 0.6 is 0 Å². The molecular formula is C14H18N2O3. The van der Waals surface area contributed by atoms with E-state index in [2.05, 4.69) is 5.10 Å². The number of H-pyrrole nitrogens is 1. The summed E-state index contributed by atoms with van der Waals surface area (Å²) in [5.74, 6) is 0.629. The molecule has 0 aliphatic heterocycles. The number of aliphatic hydroxyl groups excluding tert-OH is 1. The van der Waals surface area contributed by atoms with Gasteiger partial charge in [0.15, 0.2) is 0 Å². The molecule has 0 spiro atoms. The highest BCUT2D eigenvalue weighted by atomic mass is 16.5. The van der Waals surface area contributed by atoms with Gasteiger partial charge in [-0.05, 0) is 18.6 Å². The van der Waals surface area contributed by atoms with Crippen molar-refractivity contribution >= 4 is 0 Å². The van der Waals surface area contributed by atoms with Crippen LogP contribution in [0, 0.1) is 0 Å². The van der Waals surface area contributed by atoms with E-state index in [9.17, 15) is 4.79 Å². The molecular weight excluding hydrogens is 244 g/mol. The molecule has 0 fully saturated rings. The molecule has 0 radical (unpaired) electrons. The largest absolute Gasteiger partial charge is 0.494 e. The summed E-state index contributed by atoms with van der Waals surface area (Å²) in [6.45, 7) is 1.94. The minimum Gasteiger partial charge on any atom is -0.494 e. The fraction of sp³-hybridized carbons (Fsp3) is 0.357. The molecule has 2 N–H and O–H groups in total. The zero-order valence-corrected chi connectivity index (χ0v) is 11.1. The maximum absolute atomic E-state index is 12.4. The molecule has 2 aromatic rings. The Balaban J connectivity index is 2.60. The topological polar surface area (TPSA) is 67.2 Å². The van der Waals surface area contributed by atoms with Crippen molar-refractivity contribution in [1.82, 2.24) is 9.78 Å². The van der Waals surface area contributed by atoms with Crippen LogP contribution in [0.5, 0.6) is 5.75 Å². The average Bonchev–Trinajstić information content (AvgIpc) is 2.76. The summed E-state index contributed by atoms with van der Waals surface area (Å²) in [5, 5.41) is 12.1. The third kappa shape index (κ3) is 2.42. The number of benzene rings is 1. The first-order valence-electron chi connectivity index (χ1n) is 6.30. The maximum Gasteiger partial charge on any atom is 0.274 e. The normalized spacial score (nSPS) is 10.7. The van der Waals surface area contributed by atoms with Crippen LogP contribution in [0.25, 0.3) is 5.69 Å². The molecule has 0 amide bonds. The number of rotatable bonds is 5. The van der Waals surface area contributed by atoms with Gasteiger partial charge in [-0.25, -0.2) is 4.68 Å². The molecule has 5 heteroatoms. The minimum atomic E-state index is -0.129. The van der Waals surface area contributed by atoms with Crippen LogP contribution in [0.3, 0.4) is 0 Å². The number of hydrogen-bond acceptors (Lipinski definition) is 3. The van der Waals surface area contributed by atoms with E-state index in [1.807, 2.05) is 25.1 Å². The first-order valence-corrected chi connectivity index (χ1v) is 6.30. The molecule has 0 saturated heterocycles. The van der Waals surface area contributed by atoms with Crippen molar-refractivity contribution < 1.29 is 9.84 Å². The Morgan fingerprint density at radius 3 is 2.74 bits per heavy atom. The molecule has 0 aliphatic rings. The van der Waals surface area contributed by atoms with Crippen molar-refractivity contribution in [3.63, 3.8) is 0 Å². The van der Waals surface area contributed by atoms with Crippen molar-refractivity contribution in [1.29, 1.82) is 0 Å². The highest BCUT2D eigenvalue weighted by Crippen LogP contribution is 2.20. The highest BCUT2D eigenvalue weighted by molar-refractivity contribution is 5.46. The molecule has 0 bridgehead atoms. The van der Waals surface area contributed by atoms with Crippen LogP contribution < -0.4 is 10.3 Å². The lowest BCUT2D eigenvalue weighted by Crippen LogP contribution is -2.18. The van der Waals surface area contributed by atoms with Gasteiger partial charge in [-0.3, -0.25) is 9.89 Å². The SMILES string of the molecule is CCc1[nH]n(-c2ccccc2OC)c(=O)c1CCO. The summed E-state index contributed by atoms with van der Waals surface area (Å²) in [6, 6.07) is 7.33. The van der Waals surface area contributed by atoms with Crippen molar-refractivity contribution in [3.05, 3.63) is 45.9 Å². The minimum absolute atomic E-state index is 0.0357. The third-order valence-electron chi connectivity index (χ3n) is 3.11. The number of aliphatic hydroxyl groups is 1. The number of ether oxygens (including phenoxy) is 1. The van der Waals surface area contributed by atoms with E-state index in [0.29, 0.717) is 29.8 Å². The van der Waals surface area contributed by atoms with Crippen LogP contribution in [0.1, 0.15) is 18.2 Å². The van der Waals surface area contributed by atoms with Crippen molar-refractivity contribution in [2.45, 2.75) is 19.8 Å². The molecule has 0 saturated carbocycles. The van der Waals surface area contributed by atoms with E-state index in [4.69, 9.17) is 9.84 Å². The fourth-order valence-electron chi connectivity index (χ4n) is 2.16. The standard InChI is InChI=1S/C14H18N2O3/c1-3-11-10(8-9-17)14(18)16(15-11)12-6-4-5-7-13(12)19-2/h4-7,15,17H,3,8-9H2,1-2H3. The second-order valence-electron chi connectivity index (χ2n) is 4.21. The van der Waals surface area contributed by atoms with Gasteiger partial charge < -0.3 is 9.84 Å². The van der Waals surface area contributed by atoms with Crippen LogP contribution in [-0.4, -0.2) is 28.6 Å². The number of nitrogens with zero attached hydrogens (tertiary/aromatic N) is 1. The van der Waals surface area contributed by atoms with Gasteiger partial charge in [-0.15, -0.1) is 0 Å². The first kappa shape index (κ1) is 13.4. The summed E-state index contributed by atoms with van der Waals surface area (Å²) >= 11 is 0. The molecule has 0 unspecified atom stereocenters. The Morgan fingerprint density at radius 1 is 1.37 bits per heavy atom. The monoisotopic (exact) mass is 262 g/mol. The second-order valence-corrected chi connectivity index (χ2v) is 4.21. The van der Waals surface area contributed by atoms with Gasteiger partial charge >= 0.3 is 0 Å². The zero-order valence-electron chi connectivity index (χ0n) is 11.1. The average molecular weight is 262 g/mol. The Kier molecular flexibility index (Phi) is 4.06. The molecule has 2 rings (SSSR count). The van der Waals surface area contributed by atoms with Crippen LogP contribution in [0.4, 0.5) is 0 Å². The van der Waals surface area contributed by atoms with Crippen molar-refractivity contribution in [2.75, 3.05) is 13.7 Å². The van der Waals surface area contributed by atoms with Crippen molar-refractivity contribution in [2.24, 2.45) is 0 Å². The number of nitrogens with one attached hydrogen (secondary N) is 1. The predicted molar refractivity (Wildman–Crippen MR) is 73.1 cm³/mol. The lowest BCUT2D eigenvalue weighted by Gasteiger charge is -2.07. The summed E-state index contributed by atoms with van der Waals surface area (Å²) in [7, 11) is 1.57. The number of para-hydroxylation sites is 2. The van der Waals surface area contributed by atoms with Crippen LogP contribution in [0.15, 0.2) is 29.1 Å². The van der Waals surface area contributed by atoms with Crippen molar-refractivity contribution in [3.8, 4) is 11.4 Å². The van der Waals surface area contributed by atoms with E-state index in [0.717, 1.165) is 5.69 Å². The van der Waals surface area contributed by atoms with Gasteiger partial charge in [0.25, 0.3) is 5.56 Å². The predicted octanol–water partition coefficient (Wildman–Crippen LogP) is 1.27. The summed E-state index contributed by atoms with van der Waals surface area (Å²) in [4.78, 5) is 12.4. The van der Waals surface area contributed by atoms with Gasteiger partial charge in [-0.1, -0.05) is 19.1 Å². The lowest BCUT2D eigenvalue weighted by atomic mass is 10.1. The molecule has 0 aliphatic carbocycles. The van der Waals surface area contributed by atoms with Gasteiger partial charge in [0.2, 0.25) is 0 Å². The molecule has 19 heavy (non-hydrogen) atoms. The van der Waals surface area contributed by atoms with E-state index < -0.39 is 0 Å². The number of aromatic nitrogens is 2. The lowest BCUT2D eigenvalue weighted by molar-refractivity contribution is 0.299. The highest BCUT2D eigenvalue weighted by Gasteiger charge is 2.15. The number of aromatic amines is 1. The summed E-state index contributed by atoms with van der Waals surface area (Å²) in [6.07, 6.45) is 1.08. The second kappa shape index (κ2) is 5.75. The third-order valence-corrected chi connectivity index (χ3v) is 3.11. The van der Waals surface area contributed by atoms with Gasteiger partial charge in [0, 0.05) is 24.3 Å². The van der Waals surface area contributed by atoms with Crippen LogP contribution in [0.2, 0.25) is 0 Å². The molecule has 102 valence electrons. The van der Waals surface area contributed by atoms with Gasteiger partial charge in [0.1, 0.15) is 11.4 Å². The van der Waals surface area contributed by atoms with Gasteiger partial charge in [0.05, 0.1) is 7.11 Å². The molecule has 1 aromatic carbocycles. The Labute approximate surface area is 111 Å². The number of aryl methyl sites for hydroxylation is 1. The first-order chi connectivity index (χ1) is 9.22. The van der Waals surface area contributed by atoms with Gasteiger partial charge in [-0.2, -0.15) is 0 Å². The van der Waals surface area contributed by atoms with Crippen LogP contribution in [-0.2, 0) is 12.8 Å². The zero-order chi connectivity index (χ0) is 13.8. The van der Waals surface area contributed by atoms with E-state index in [-0.39, 0.29) is 12.2 Å². The summed E-state index contributed by atoms with van der Waals surface area (Å²) < 4.78 is 6.74. The molecule has 0 atom stereocenters.